The fraction of sp³-hybridized carbons (Fsp3) is 0.355. The summed E-state index contributed by atoms with van der Waals surface area (Å²) in [7, 11) is 1.66. The van der Waals surface area contributed by atoms with Crippen LogP contribution in [-0.4, -0.2) is 57.4 Å². The highest BCUT2D eigenvalue weighted by molar-refractivity contribution is 6.30. The lowest BCUT2D eigenvalue weighted by Gasteiger charge is -2.27. The Labute approximate surface area is 285 Å². The van der Waals surface area contributed by atoms with Gasteiger partial charge >= 0.3 is 6.18 Å². The first kappa shape index (κ1) is 36.5. The third-order valence-electron chi connectivity index (χ3n) is 6.86. The number of nitrogens with one attached hydrogen (secondary N) is 2. The monoisotopic (exact) mass is 710 g/mol. The number of hydrogen-bond donors (Lipinski definition) is 5. The van der Waals surface area contributed by atoms with Gasteiger partial charge in [-0.1, -0.05) is 23.2 Å². The van der Waals surface area contributed by atoms with E-state index < -0.39 is 29.7 Å². The Hall–Kier alpha value is -4.31. The molecule has 1 aliphatic carbocycles. The van der Waals surface area contributed by atoms with Gasteiger partial charge in [0, 0.05) is 36.3 Å². The first-order valence-electron chi connectivity index (χ1n) is 14.8. The van der Waals surface area contributed by atoms with Crippen LogP contribution in [0.3, 0.4) is 0 Å². The molecule has 0 spiro atoms. The molecular formula is C31H35Cl2F3N8O4. The van der Waals surface area contributed by atoms with E-state index in [0.717, 1.165) is 6.42 Å². The smallest absolute Gasteiger partial charge is 0.437 e. The second-order valence-electron chi connectivity index (χ2n) is 10.6. The summed E-state index contributed by atoms with van der Waals surface area (Å²) in [4.78, 5) is 15.3. The van der Waals surface area contributed by atoms with E-state index in [1.165, 1.54) is 30.5 Å². The number of methoxy groups -OCH3 is 1. The van der Waals surface area contributed by atoms with Crippen molar-refractivity contribution < 1.29 is 32.5 Å². The van der Waals surface area contributed by atoms with Crippen molar-refractivity contribution in [3.8, 4) is 23.0 Å². The van der Waals surface area contributed by atoms with E-state index in [4.69, 9.17) is 48.9 Å². The molecule has 0 saturated heterocycles. The average Bonchev–Trinajstić information content (AvgIpc) is 3.04. The van der Waals surface area contributed by atoms with E-state index in [2.05, 4.69) is 30.6 Å². The molecule has 0 amide bonds. The molecule has 2 aromatic heterocycles. The number of aliphatic hydroxyl groups is 1. The Morgan fingerprint density at radius 1 is 0.854 bits per heavy atom. The summed E-state index contributed by atoms with van der Waals surface area (Å²) in [6.45, 7) is 1.36. The van der Waals surface area contributed by atoms with Crippen LogP contribution in [0.2, 0.25) is 10.0 Å². The number of benzene rings is 2. The SMILES string of the molecule is COCCCNc1nc(N)ncc1Oc1ccc(Cl)cc1.Nc1nc(NC2CCC(O)CC2)c(Oc2ccc(Cl)cc2)c(C(F)(F)F)n1. The van der Waals surface area contributed by atoms with Crippen molar-refractivity contribution in [3.63, 3.8) is 0 Å². The lowest BCUT2D eigenvalue weighted by Crippen LogP contribution is -2.29. The van der Waals surface area contributed by atoms with E-state index in [-0.39, 0.29) is 23.6 Å². The first-order chi connectivity index (χ1) is 22.9. The molecule has 1 saturated carbocycles. The highest BCUT2D eigenvalue weighted by atomic mass is 35.5. The Kier molecular flexibility index (Phi) is 13.1. The number of nitrogen functional groups attached to an aromatic ring is 2. The maximum atomic E-state index is 13.5. The minimum atomic E-state index is -4.78. The number of hydrogen-bond acceptors (Lipinski definition) is 12. The molecule has 1 fully saturated rings. The normalized spacial score (nSPS) is 16.0. The molecule has 0 bridgehead atoms. The maximum Gasteiger partial charge on any atom is 0.437 e. The zero-order chi connectivity index (χ0) is 34.7. The maximum absolute atomic E-state index is 13.5. The van der Waals surface area contributed by atoms with E-state index in [0.29, 0.717) is 66.2 Å². The number of rotatable bonds is 11. The second-order valence-corrected chi connectivity index (χ2v) is 11.5. The van der Waals surface area contributed by atoms with E-state index in [1.54, 1.807) is 31.4 Å². The van der Waals surface area contributed by atoms with E-state index in [1.807, 2.05) is 0 Å². The van der Waals surface area contributed by atoms with Crippen molar-refractivity contribution in [2.45, 2.75) is 50.4 Å². The molecular weight excluding hydrogens is 676 g/mol. The van der Waals surface area contributed by atoms with Crippen molar-refractivity contribution in [1.82, 2.24) is 19.9 Å². The van der Waals surface area contributed by atoms with Crippen molar-refractivity contribution >= 4 is 46.7 Å². The zero-order valence-corrected chi connectivity index (χ0v) is 27.3. The topological polar surface area (TPSA) is 176 Å². The fourth-order valence-corrected chi connectivity index (χ4v) is 4.78. The van der Waals surface area contributed by atoms with Gasteiger partial charge in [-0.2, -0.15) is 23.1 Å². The first-order valence-corrected chi connectivity index (χ1v) is 15.6. The quantitative estimate of drug-likeness (QED) is 0.0992. The van der Waals surface area contributed by atoms with Gasteiger partial charge in [-0.25, -0.2) is 9.97 Å². The van der Waals surface area contributed by atoms with Crippen molar-refractivity contribution in [3.05, 3.63) is 70.5 Å². The number of nitrogens with zero attached hydrogens (tertiary/aromatic N) is 4. The van der Waals surface area contributed by atoms with E-state index in [9.17, 15) is 18.3 Å². The minimum Gasteiger partial charge on any atom is -0.452 e. The summed E-state index contributed by atoms with van der Waals surface area (Å²) in [5, 5.41) is 16.8. The Balaban J connectivity index is 0.000000224. The number of anilines is 4. The van der Waals surface area contributed by atoms with Crippen LogP contribution in [0.25, 0.3) is 0 Å². The molecule has 7 N–H and O–H groups in total. The van der Waals surface area contributed by atoms with Gasteiger partial charge in [0.1, 0.15) is 11.5 Å². The summed E-state index contributed by atoms with van der Waals surface area (Å²) in [5.74, 6) is 0.846. The number of alkyl halides is 3. The van der Waals surface area contributed by atoms with Gasteiger partial charge in [-0.3, -0.25) is 0 Å². The number of aliphatic hydroxyl groups excluding tert-OH is 1. The highest BCUT2D eigenvalue weighted by Crippen LogP contribution is 2.42. The van der Waals surface area contributed by atoms with Gasteiger partial charge in [-0.15, -0.1) is 0 Å². The number of aromatic nitrogens is 4. The highest BCUT2D eigenvalue weighted by Gasteiger charge is 2.39. The summed E-state index contributed by atoms with van der Waals surface area (Å²) < 4.78 is 56.7. The standard InChI is InChI=1S/C17H18ClF3N4O2.C14H17ClN4O2/c18-9-1-7-12(8-2-9)27-13-14(17(19,20)21)24-16(22)25-15(13)23-10-3-5-11(26)6-4-10;1-20-8-2-7-17-13-12(9-18-14(16)19-13)21-11-5-3-10(15)4-6-11/h1-2,7-8,10-11,26H,3-6H2,(H3,22,23,24,25);3-6,9H,2,7-8H2,1H3,(H3,16,17,18,19). The number of halogens is 5. The molecule has 258 valence electrons. The van der Waals surface area contributed by atoms with Crippen LogP contribution in [0, 0.1) is 0 Å². The molecule has 17 heteroatoms. The molecule has 1 aliphatic rings. The summed E-state index contributed by atoms with van der Waals surface area (Å²) >= 11 is 11.6. The molecule has 0 atom stereocenters. The van der Waals surface area contributed by atoms with Crippen LogP contribution in [0.15, 0.2) is 54.7 Å². The third-order valence-corrected chi connectivity index (χ3v) is 7.36. The predicted molar refractivity (Wildman–Crippen MR) is 178 cm³/mol. The van der Waals surface area contributed by atoms with Crippen LogP contribution in [0.5, 0.6) is 23.0 Å². The molecule has 4 aromatic rings. The Morgan fingerprint density at radius 2 is 1.44 bits per heavy atom. The van der Waals surface area contributed by atoms with Gasteiger partial charge in [0.05, 0.1) is 12.3 Å². The third kappa shape index (κ3) is 11.1. The van der Waals surface area contributed by atoms with Crippen LogP contribution in [-0.2, 0) is 10.9 Å². The molecule has 48 heavy (non-hydrogen) atoms. The van der Waals surface area contributed by atoms with Gasteiger partial charge < -0.3 is 41.4 Å². The van der Waals surface area contributed by atoms with E-state index >= 15 is 0 Å². The largest absolute Gasteiger partial charge is 0.452 e. The zero-order valence-electron chi connectivity index (χ0n) is 25.8. The average molecular weight is 712 g/mol. The van der Waals surface area contributed by atoms with Crippen molar-refractivity contribution in [2.24, 2.45) is 0 Å². The number of nitrogens with two attached hydrogens (primary N) is 2. The number of ether oxygens (including phenoxy) is 3. The molecule has 12 nitrogen and oxygen atoms in total. The Morgan fingerprint density at radius 3 is 2.02 bits per heavy atom. The molecule has 2 heterocycles. The molecule has 5 rings (SSSR count). The lowest BCUT2D eigenvalue weighted by atomic mass is 9.93. The van der Waals surface area contributed by atoms with Crippen molar-refractivity contribution in [2.75, 3.05) is 42.4 Å². The van der Waals surface area contributed by atoms with Gasteiger partial charge in [0.2, 0.25) is 17.6 Å². The van der Waals surface area contributed by atoms with Crippen LogP contribution >= 0.6 is 23.2 Å². The van der Waals surface area contributed by atoms with Gasteiger partial charge in [0.25, 0.3) is 0 Å². The summed E-state index contributed by atoms with van der Waals surface area (Å²) in [6.07, 6.45) is -0.502. The van der Waals surface area contributed by atoms with Crippen LogP contribution in [0.4, 0.5) is 36.7 Å². The molecule has 0 radical (unpaired) electrons. The van der Waals surface area contributed by atoms with Crippen LogP contribution in [0.1, 0.15) is 37.8 Å². The molecule has 2 aromatic carbocycles. The Bertz CT molecular complexity index is 1610. The predicted octanol–water partition coefficient (Wildman–Crippen LogP) is 7.19. The molecule has 0 aliphatic heterocycles. The van der Waals surface area contributed by atoms with Gasteiger partial charge in [0.15, 0.2) is 23.1 Å². The minimum absolute atomic E-state index is 0.133. The van der Waals surface area contributed by atoms with Crippen LogP contribution < -0.4 is 31.6 Å². The fourth-order valence-electron chi connectivity index (χ4n) is 4.53. The van der Waals surface area contributed by atoms with Crippen molar-refractivity contribution in [1.29, 1.82) is 0 Å². The summed E-state index contributed by atoms with van der Waals surface area (Å²) in [5.41, 5.74) is 9.84. The second kappa shape index (κ2) is 17.2. The summed E-state index contributed by atoms with van der Waals surface area (Å²) in [6, 6.07) is 12.8. The lowest BCUT2D eigenvalue weighted by molar-refractivity contribution is -0.142. The van der Waals surface area contributed by atoms with Gasteiger partial charge in [-0.05, 0) is 80.6 Å². The molecule has 0 unspecified atom stereocenters.